The van der Waals surface area contributed by atoms with Gasteiger partial charge in [0, 0.05) is 12.2 Å². The monoisotopic (exact) mass is 382 g/mol. The predicted molar refractivity (Wildman–Crippen MR) is 104 cm³/mol. The second kappa shape index (κ2) is 8.56. The number of benzene rings is 2. The molecule has 0 aromatic heterocycles. The van der Waals surface area contributed by atoms with E-state index >= 15 is 0 Å². The number of rotatable bonds is 6. The SMILES string of the molecule is Cc1cc(C)cc(NC(=O)COC(=O)CCN2C(=O)COc3ccccc32)c1. The fourth-order valence-corrected chi connectivity index (χ4v) is 3.06. The molecule has 146 valence electrons. The average Bonchev–Trinajstić information content (AvgIpc) is 2.64. The molecule has 0 saturated carbocycles. The number of amides is 2. The standard InChI is InChI=1S/C21H22N2O5/c1-14-9-15(2)11-16(10-14)22-19(24)12-28-21(26)7-8-23-17-5-3-4-6-18(17)27-13-20(23)25/h3-6,9-11H,7-8,12-13H2,1-2H3,(H,22,24). The zero-order valence-corrected chi connectivity index (χ0v) is 15.9. The van der Waals surface area contributed by atoms with Crippen molar-refractivity contribution in [1.29, 1.82) is 0 Å². The Kier molecular flexibility index (Phi) is 5.93. The van der Waals surface area contributed by atoms with Crippen molar-refractivity contribution < 1.29 is 23.9 Å². The van der Waals surface area contributed by atoms with Crippen LogP contribution in [-0.4, -0.2) is 37.5 Å². The molecule has 0 bridgehead atoms. The Hall–Kier alpha value is -3.35. The van der Waals surface area contributed by atoms with Gasteiger partial charge in [0.15, 0.2) is 13.2 Å². The molecule has 7 heteroatoms. The molecule has 3 rings (SSSR count). The number of nitrogens with zero attached hydrogens (tertiary/aromatic N) is 1. The maximum atomic E-state index is 12.1. The van der Waals surface area contributed by atoms with Crippen molar-refractivity contribution in [2.75, 3.05) is 30.0 Å². The second-order valence-electron chi connectivity index (χ2n) is 6.64. The van der Waals surface area contributed by atoms with Gasteiger partial charge in [-0.25, -0.2) is 0 Å². The third kappa shape index (κ3) is 4.88. The minimum absolute atomic E-state index is 0.0170. The van der Waals surface area contributed by atoms with Crippen LogP contribution in [0.2, 0.25) is 0 Å². The van der Waals surface area contributed by atoms with E-state index in [9.17, 15) is 14.4 Å². The molecule has 0 unspecified atom stereocenters. The van der Waals surface area contributed by atoms with E-state index in [1.807, 2.05) is 38.1 Å². The largest absolute Gasteiger partial charge is 0.482 e. The fraction of sp³-hybridized carbons (Fsp3) is 0.286. The molecule has 0 aliphatic carbocycles. The highest BCUT2D eigenvalue weighted by Gasteiger charge is 2.25. The Morgan fingerprint density at radius 1 is 1.14 bits per heavy atom. The Morgan fingerprint density at radius 2 is 1.86 bits per heavy atom. The van der Waals surface area contributed by atoms with Crippen molar-refractivity contribution in [2.24, 2.45) is 0 Å². The van der Waals surface area contributed by atoms with Gasteiger partial charge in [-0.05, 0) is 49.2 Å². The third-order valence-corrected chi connectivity index (χ3v) is 4.22. The van der Waals surface area contributed by atoms with E-state index in [1.165, 1.54) is 4.90 Å². The first-order valence-electron chi connectivity index (χ1n) is 8.98. The highest BCUT2D eigenvalue weighted by Crippen LogP contribution is 2.31. The number of ether oxygens (including phenoxy) is 2. The zero-order valence-electron chi connectivity index (χ0n) is 15.9. The summed E-state index contributed by atoms with van der Waals surface area (Å²) in [5, 5.41) is 2.71. The van der Waals surface area contributed by atoms with Gasteiger partial charge in [-0.2, -0.15) is 0 Å². The molecule has 0 radical (unpaired) electrons. The Morgan fingerprint density at radius 3 is 2.61 bits per heavy atom. The molecule has 1 aliphatic rings. The van der Waals surface area contributed by atoms with Crippen molar-refractivity contribution in [3.63, 3.8) is 0 Å². The molecular weight excluding hydrogens is 360 g/mol. The number of esters is 1. The average molecular weight is 382 g/mol. The molecule has 1 aliphatic heterocycles. The number of fused-ring (bicyclic) bond motifs is 1. The van der Waals surface area contributed by atoms with Gasteiger partial charge in [0.2, 0.25) is 0 Å². The first-order chi connectivity index (χ1) is 13.4. The van der Waals surface area contributed by atoms with Gasteiger partial charge in [0.1, 0.15) is 5.75 Å². The molecule has 0 atom stereocenters. The lowest BCUT2D eigenvalue weighted by Gasteiger charge is -2.28. The van der Waals surface area contributed by atoms with E-state index in [-0.39, 0.29) is 32.1 Å². The van der Waals surface area contributed by atoms with E-state index in [0.717, 1.165) is 11.1 Å². The van der Waals surface area contributed by atoms with Crippen molar-refractivity contribution >= 4 is 29.2 Å². The van der Waals surface area contributed by atoms with Crippen LogP contribution in [0.4, 0.5) is 11.4 Å². The minimum Gasteiger partial charge on any atom is -0.482 e. The number of carbonyl (C=O) groups is 3. The van der Waals surface area contributed by atoms with Crippen molar-refractivity contribution in [3.8, 4) is 5.75 Å². The van der Waals surface area contributed by atoms with Crippen LogP contribution >= 0.6 is 0 Å². The van der Waals surface area contributed by atoms with Gasteiger partial charge in [-0.15, -0.1) is 0 Å². The molecule has 2 aromatic carbocycles. The summed E-state index contributed by atoms with van der Waals surface area (Å²) in [5.41, 5.74) is 3.35. The van der Waals surface area contributed by atoms with E-state index in [2.05, 4.69) is 5.32 Å². The molecule has 7 nitrogen and oxygen atoms in total. The van der Waals surface area contributed by atoms with Crippen LogP contribution in [0.15, 0.2) is 42.5 Å². The van der Waals surface area contributed by atoms with Crippen LogP contribution in [-0.2, 0) is 19.1 Å². The number of anilines is 2. The smallest absolute Gasteiger partial charge is 0.308 e. The molecule has 2 aromatic rings. The van der Waals surface area contributed by atoms with E-state index in [1.54, 1.807) is 18.2 Å². The highest BCUT2D eigenvalue weighted by molar-refractivity contribution is 5.98. The van der Waals surface area contributed by atoms with Gasteiger partial charge in [0.05, 0.1) is 12.1 Å². The Labute approximate surface area is 163 Å². The van der Waals surface area contributed by atoms with Crippen LogP contribution in [0, 0.1) is 13.8 Å². The summed E-state index contributed by atoms with van der Waals surface area (Å²) in [6.45, 7) is 3.60. The molecular formula is C21H22N2O5. The van der Waals surface area contributed by atoms with Crippen LogP contribution < -0.4 is 15.0 Å². The maximum Gasteiger partial charge on any atom is 0.308 e. The van der Waals surface area contributed by atoms with Gasteiger partial charge in [-0.3, -0.25) is 14.4 Å². The molecule has 1 heterocycles. The molecule has 0 spiro atoms. The lowest BCUT2D eigenvalue weighted by atomic mass is 10.1. The minimum atomic E-state index is -0.549. The number of hydrogen-bond donors (Lipinski definition) is 1. The summed E-state index contributed by atoms with van der Waals surface area (Å²) >= 11 is 0. The summed E-state index contributed by atoms with van der Waals surface area (Å²) in [5.74, 6) is -0.583. The Balaban J connectivity index is 1.48. The van der Waals surface area contributed by atoms with Crippen molar-refractivity contribution in [2.45, 2.75) is 20.3 Å². The van der Waals surface area contributed by atoms with Crippen LogP contribution in [0.5, 0.6) is 5.75 Å². The number of carbonyl (C=O) groups excluding carboxylic acids is 3. The quantitative estimate of drug-likeness (QED) is 0.777. The third-order valence-electron chi connectivity index (χ3n) is 4.22. The van der Waals surface area contributed by atoms with Crippen molar-refractivity contribution in [3.05, 3.63) is 53.6 Å². The maximum absolute atomic E-state index is 12.1. The molecule has 1 N–H and O–H groups in total. The summed E-state index contributed by atoms with van der Waals surface area (Å²) < 4.78 is 10.4. The van der Waals surface area contributed by atoms with Gasteiger partial charge in [0.25, 0.3) is 11.8 Å². The highest BCUT2D eigenvalue weighted by atomic mass is 16.5. The summed E-state index contributed by atoms with van der Waals surface area (Å²) in [6.07, 6.45) is -0.0170. The number of aryl methyl sites for hydroxylation is 2. The van der Waals surface area contributed by atoms with Gasteiger partial charge >= 0.3 is 5.97 Å². The van der Waals surface area contributed by atoms with Crippen molar-refractivity contribution in [1.82, 2.24) is 0 Å². The van der Waals surface area contributed by atoms with E-state index < -0.39 is 11.9 Å². The lowest BCUT2D eigenvalue weighted by Crippen LogP contribution is -2.40. The number of hydrogen-bond acceptors (Lipinski definition) is 5. The van der Waals surface area contributed by atoms with Crippen LogP contribution in [0.3, 0.4) is 0 Å². The summed E-state index contributed by atoms with van der Waals surface area (Å²) in [6, 6.07) is 12.8. The zero-order chi connectivity index (χ0) is 20.1. The van der Waals surface area contributed by atoms with Gasteiger partial charge in [-0.1, -0.05) is 18.2 Å². The summed E-state index contributed by atoms with van der Waals surface area (Å²) in [4.78, 5) is 37.6. The van der Waals surface area contributed by atoms with Crippen LogP contribution in [0.1, 0.15) is 17.5 Å². The first kappa shape index (κ1) is 19.4. The van der Waals surface area contributed by atoms with E-state index in [0.29, 0.717) is 17.1 Å². The van der Waals surface area contributed by atoms with E-state index in [4.69, 9.17) is 9.47 Å². The molecule has 28 heavy (non-hydrogen) atoms. The molecule has 2 amide bonds. The predicted octanol–water partition coefficient (Wildman–Crippen LogP) is 2.60. The topological polar surface area (TPSA) is 84.9 Å². The first-order valence-corrected chi connectivity index (χ1v) is 8.98. The fourth-order valence-electron chi connectivity index (χ4n) is 3.06. The number of para-hydroxylation sites is 2. The lowest BCUT2D eigenvalue weighted by molar-refractivity contribution is -0.147. The number of nitrogens with one attached hydrogen (secondary N) is 1. The molecule has 0 fully saturated rings. The Bertz CT molecular complexity index is 889. The molecule has 0 saturated heterocycles. The summed E-state index contributed by atoms with van der Waals surface area (Å²) in [7, 11) is 0. The normalized spacial score (nSPS) is 12.8. The second-order valence-corrected chi connectivity index (χ2v) is 6.64. The van der Waals surface area contributed by atoms with Crippen LogP contribution in [0.25, 0.3) is 0 Å². The van der Waals surface area contributed by atoms with Gasteiger partial charge < -0.3 is 19.7 Å².